The minimum absolute atomic E-state index is 0.638. The molecule has 0 bridgehead atoms. The fourth-order valence-corrected chi connectivity index (χ4v) is 2.34. The molecule has 1 aliphatic carbocycles. The van der Waals surface area contributed by atoms with Crippen molar-refractivity contribution in [2.45, 2.75) is 32.1 Å². The fraction of sp³-hybridized carbons (Fsp3) is 0.692. The molecule has 0 spiro atoms. The third-order valence-corrected chi connectivity index (χ3v) is 3.46. The van der Waals surface area contributed by atoms with Gasteiger partial charge in [0, 0.05) is 37.3 Å². The van der Waals surface area contributed by atoms with Crippen molar-refractivity contribution in [1.29, 1.82) is 0 Å². The molecule has 4 heteroatoms. The van der Waals surface area contributed by atoms with Gasteiger partial charge in [0.05, 0.1) is 0 Å². The normalized spacial score (nSPS) is 21.4. The second kappa shape index (κ2) is 4.61. The average Bonchev–Trinajstić information content (AvgIpc) is 3.16. The summed E-state index contributed by atoms with van der Waals surface area (Å²) in [5.41, 5.74) is 1.11. The van der Waals surface area contributed by atoms with E-state index in [2.05, 4.69) is 28.2 Å². The number of hydrogen-bond acceptors (Lipinski definition) is 4. The van der Waals surface area contributed by atoms with E-state index in [9.17, 15) is 0 Å². The van der Waals surface area contributed by atoms with Crippen molar-refractivity contribution < 1.29 is 0 Å². The van der Waals surface area contributed by atoms with Crippen molar-refractivity contribution in [3.8, 4) is 0 Å². The third-order valence-electron chi connectivity index (χ3n) is 3.46. The lowest BCUT2D eigenvalue weighted by Gasteiger charge is -2.21. The number of anilines is 1. The van der Waals surface area contributed by atoms with Gasteiger partial charge in [0.15, 0.2) is 0 Å². The van der Waals surface area contributed by atoms with Crippen molar-refractivity contribution in [1.82, 2.24) is 15.3 Å². The van der Waals surface area contributed by atoms with Gasteiger partial charge in [-0.05, 0) is 32.7 Å². The van der Waals surface area contributed by atoms with E-state index in [1.54, 1.807) is 0 Å². The summed E-state index contributed by atoms with van der Waals surface area (Å²) in [5.74, 6) is 2.83. The Kier molecular flexibility index (Phi) is 2.97. The van der Waals surface area contributed by atoms with Crippen LogP contribution in [-0.2, 0) is 0 Å². The molecule has 92 valence electrons. The van der Waals surface area contributed by atoms with Gasteiger partial charge in [0.1, 0.15) is 11.6 Å². The molecular formula is C13H20N4. The van der Waals surface area contributed by atoms with Gasteiger partial charge in [0.25, 0.3) is 0 Å². The van der Waals surface area contributed by atoms with Crippen LogP contribution in [0.15, 0.2) is 6.07 Å². The summed E-state index contributed by atoms with van der Waals surface area (Å²) in [6.07, 6.45) is 3.73. The molecule has 2 heterocycles. The molecule has 1 N–H and O–H groups in total. The highest BCUT2D eigenvalue weighted by Crippen LogP contribution is 2.38. The molecule has 3 rings (SSSR count). The second-order valence-corrected chi connectivity index (χ2v) is 5.09. The van der Waals surface area contributed by atoms with Crippen LogP contribution in [-0.4, -0.2) is 36.1 Å². The minimum Gasteiger partial charge on any atom is -0.355 e. The van der Waals surface area contributed by atoms with Crippen LogP contribution in [0, 0.1) is 6.92 Å². The largest absolute Gasteiger partial charge is 0.355 e. The molecule has 0 aromatic carbocycles. The van der Waals surface area contributed by atoms with Gasteiger partial charge >= 0.3 is 0 Å². The minimum atomic E-state index is 0.638. The van der Waals surface area contributed by atoms with Crippen LogP contribution >= 0.6 is 0 Å². The molecule has 1 saturated carbocycles. The molecule has 0 atom stereocenters. The molecule has 1 aromatic rings. The third kappa shape index (κ3) is 2.57. The van der Waals surface area contributed by atoms with Gasteiger partial charge < -0.3 is 10.2 Å². The van der Waals surface area contributed by atoms with Crippen LogP contribution in [0.1, 0.15) is 36.7 Å². The molecule has 2 fully saturated rings. The molecule has 1 aliphatic heterocycles. The quantitative estimate of drug-likeness (QED) is 0.838. The lowest BCUT2D eigenvalue weighted by atomic mass is 10.3. The molecule has 0 amide bonds. The highest BCUT2D eigenvalue weighted by atomic mass is 15.2. The first kappa shape index (κ1) is 11.0. The topological polar surface area (TPSA) is 41.0 Å². The van der Waals surface area contributed by atoms with Crippen LogP contribution in [0.5, 0.6) is 0 Å². The SMILES string of the molecule is Cc1cc(N2CCCNCC2)nc(C2CC2)n1. The summed E-state index contributed by atoms with van der Waals surface area (Å²) in [4.78, 5) is 11.7. The van der Waals surface area contributed by atoms with Crippen molar-refractivity contribution in [2.75, 3.05) is 31.1 Å². The fourth-order valence-electron chi connectivity index (χ4n) is 2.34. The molecule has 4 nitrogen and oxygen atoms in total. The monoisotopic (exact) mass is 232 g/mol. The summed E-state index contributed by atoms with van der Waals surface area (Å²) in [6.45, 7) is 6.42. The molecule has 1 saturated heterocycles. The highest BCUT2D eigenvalue weighted by molar-refractivity contribution is 5.40. The lowest BCUT2D eigenvalue weighted by Crippen LogP contribution is -2.29. The Hall–Kier alpha value is -1.16. The van der Waals surface area contributed by atoms with Crippen molar-refractivity contribution in [3.63, 3.8) is 0 Å². The predicted octanol–water partition coefficient (Wildman–Crippen LogP) is 1.46. The number of nitrogens with zero attached hydrogens (tertiary/aromatic N) is 3. The predicted molar refractivity (Wildman–Crippen MR) is 68.4 cm³/mol. The first-order valence-electron chi connectivity index (χ1n) is 6.64. The summed E-state index contributed by atoms with van der Waals surface area (Å²) in [5, 5.41) is 3.43. The average molecular weight is 232 g/mol. The molecule has 0 unspecified atom stereocenters. The second-order valence-electron chi connectivity index (χ2n) is 5.09. The Morgan fingerprint density at radius 3 is 2.94 bits per heavy atom. The first-order valence-corrected chi connectivity index (χ1v) is 6.64. The Bertz CT molecular complexity index is 392. The summed E-state index contributed by atoms with van der Waals surface area (Å²) in [7, 11) is 0. The zero-order chi connectivity index (χ0) is 11.7. The maximum atomic E-state index is 4.75. The van der Waals surface area contributed by atoms with E-state index >= 15 is 0 Å². The van der Waals surface area contributed by atoms with E-state index in [4.69, 9.17) is 4.98 Å². The number of hydrogen-bond donors (Lipinski definition) is 1. The van der Waals surface area contributed by atoms with Crippen molar-refractivity contribution in [2.24, 2.45) is 0 Å². The van der Waals surface area contributed by atoms with Crippen molar-refractivity contribution in [3.05, 3.63) is 17.6 Å². The Labute approximate surface area is 102 Å². The number of aromatic nitrogens is 2. The summed E-state index contributed by atoms with van der Waals surface area (Å²) in [6, 6.07) is 2.12. The van der Waals surface area contributed by atoms with Crippen LogP contribution < -0.4 is 10.2 Å². The number of rotatable bonds is 2. The number of aryl methyl sites for hydroxylation is 1. The van der Waals surface area contributed by atoms with E-state index in [0.29, 0.717) is 5.92 Å². The first-order chi connectivity index (χ1) is 8.33. The molecule has 2 aliphatic rings. The standard InChI is InChI=1S/C13H20N4/c1-10-9-12(16-13(15-10)11-3-4-11)17-7-2-5-14-6-8-17/h9,11,14H,2-8H2,1H3. The van der Waals surface area contributed by atoms with Crippen LogP contribution in [0.2, 0.25) is 0 Å². The Morgan fingerprint density at radius 1 is 1.24 bits per heavy atom. The van der Waals surface area contributed by atoms with E-state index < -0.39 is 0 Å². The summed E-state index contributed by atoms with van der Waals surface area (Å²) >= 11 is 0. The Morgan fingerprint density at radius 2 is 2.12 bits per heavy atom. The maximum absolute atomic E-state index is 4.75. The van der Waals surface area contributed by atoms with Crippen LogP contribution in [0.4, 0.5) is 5.82 Å². The van der Waals surface area contributed by atoms with E-state index in [1.807, 2.05) is 0 Å². The van der Waals surface area contributed by atoms with E-state index in [1.165, 1.54) is 19.3 Å². The van der Waals surface area contributed by atoms with Gasteiger partial charge in [-0.1, -0.05) is 0 Å². The molecule has 0 radical (unpaired) electrons. The van der Waals surface area contributed by atoms with E-state index in [-0.39, 0.29) is 0 Å². The van der Waals surface area contributed by atoms with Crippen LogP contribution in [0.3, 0.4) is 0 Å². The van der Waals surface area contributed by atoms with Crippen LogP contribution in [0.25, 0.3) is 0 Å². The van der Waals surface area contributed by atoms with Gasteiger partial charge in [-0.3, -0.25) is 0 Å². The molecule has 17 heavy (non-hydrogen) atoms. The Balaban J connectivity index is 1.84. The lowest BCUT2D eigenvalue weighted by molar-refractivity contribution is 0.724. The maximum Gasteiger partial charge on any atom is 0.134 e. The van der Waals surface area contributed by atoms with Gasteiger partial charge in [-0.2, -0.15) is 0 Å². The zero-order valence-electron chi connectivity index (χ0n) is 10.4. The zero-order valence-corrected chi connectivity index (χ0v) is 10.4. The van der Waals surface area contributed by atoms with Gasteiger partial charge in [-0.25, -0.2) is 9.97 Å². The van der Waals surface area contributed by atoms with E-state index in [0.717, 1.165) is 43.5 Å². The smallest absolute Gasteiger partial charge is 0.134 e. The van der Waals surface area contributed by atoms with Gasteiger partial charge in [-0.15, -0.1) is 0 Å². The highest BCUT2D eigenvalue weighted by Gasteiger charge is 2.27. The van der Waals surface area contributed by atoms with Gasteiger partial charge in [0.2, 0.25) is 0 Å². The summed E-state index contributed by atoms with van der Waals surface area (Å²) < 4.78 is 0. The molecular weight excluding hydrogens is 212 g/mol. The van der Waals surface area contributed by atoms with Crippen molar-refractivity contribution >= 4 is 5.82 Å². The number of nitrogens with one attached hydrogen (secondary N) is 1. The molecule has 1 aromatic heterocycles.